The minimum atomic E-state index is -0.429. The highest BCUT2D eigenvalue weighted by atomic mass is 16.5. The molecule has 1 saturated heterocycles. The Bertz CT molecular complexity index is 1020. The summed E-state index contributed by atoms with van der Waals surface area (Å²) in [7, 11) is 1.35. The van der Waals surface area contributed by atoms with Crippen LogP contribution in [0.1, 0.15) is 39.1 Å². The lowest BCUT2D eigenvalue weighted by Gasteiger charge is -2.22. The van der Waals surface area contributed by atoms with Gasteiger partial charge >= 0.3 is 5.97 Å². The molecule has 0 saturated carbocycles. The number of methoxy groups -OCH3 is 1. The lowest BCUT2D eigenvalue weighted by atomic mass is 10.1. The van der Waals surface area contributed by atoms with E-state index in [2.05, 4.69) is 15.3 Å². The van der Waals surface area contributed by atoms with Gasteiger partial charge in [-0.25, -0.2) is 4.79 Å². The van der Waals surface area contributed by atoms with Gasteiger partial charge in [0, 0.05) is 31.0 Å². The molecule has 0 atom stereocenters. The number of nitrogens with one attached hydrogen (secondary N) is 1. The number of ether oxygens (including phenoxy) is 1. The van der Waals surface area contributed by atoms with Crippen molar-refractivity contribution in [3.8, 4) is 0 Å². The van der Waals surface area contributed by atoms with Gasteiger partial charge in [0.1, 0.15) is 0 Å². The molecular weight excluding hydrogens is 380 g/mol. The van der Waals surface area contributed by atoms with Crippen LogP contribution in [0.2, 0.25) is 0 Å². The van der Waals surface area contributed by atoms with Crippen LogP contribution in [0.15, 0.2) is 60.9 Å². The molecule has 2 heterocycles. The first-order valence-electron chi connectivity index (χ1n) is 9.99. The molecule has 1 aromatic heterocycles. The molecule has 7 heteroatoms. The van der Waals surface area contributed by atoms with Crippen molar-refractivity contribution >= 4 is 23.3 Å². The van der Waals surface area contributed by atoms with Crippen LogP contribution in [0.25, 0.3) is 0 Å². The summed E-state index contributed by atoms with van der Waals surface area (Å²) in [5.74, 6) is -0.649. The van der Waals surface area contributed by atoms with Gasteiger partial charge in [-0.2, -0.15) is 5.10 Å². The number of amides is 1. The first kappa shape index (κ1) is 19.7. The molecule has 4 rings (SSSR count). The highest BCUT2D eigenvalue weighted by molar-refractivity contribution is 6.06. The fourth-order valence-corrected chi connectivity index (χ4v) is 3.65. The molecule has 0 bridgehead atoms. The molecule has 1 aliphatic rings. The summed E-state index contributed by atoms with van der Waals surface area (Å²) in [5.41, 5.74) is 3.55. The fraction of sp³-hybridized carbons (Fsp3) is 0.261. The second-order valence-electron chi connectivity index (χ2n) is 7.27. The van der Waals surface area contributed by atoms with Crippen molar-refractivity contribution in [2.45, 2.75) is 19.4 Å². The standard InChI is InChI=1S/C23H24N4O3/c1-30-23(29)19-9-10-21(26-12-2-3-13-26)20(15-19)25-22(28)18-7-5-17(6-8-18)16-27-14-4-11-24-27/h4-11,14-15H,2-3,12-13,16H2,1H3,(H,25,28). The molecule has 1 N–H and O–H groups in total. The summed E-state index contributed by atoms with van der Waals surface area (Å²) in [6.07, 6.45) is 5.87. The maximum absolute atomic E-state index is 12.9. The maximum Gasteiger partial charge on any atom is 0.337 e. The SMILES string of the molecule is COC(=O)c1ccc(N2CCCC2)c(NC(=O)c2ccc(Cn3cccn3)cc2)c1. The molecule has 30 heavy (non-hydrogen) atoms. The van der Waals surface area contributed by atoms with Crippen molar-refractivity contribution < 1.29 is 14.3 Å². The van der Waals surface area contributed by atoms with E-state index in [-0.39, 0.29) is 5.91 Å². The molecular formula is C23H24N4O3. The molecule has 2 aromatic carbocycles. The average Bonchev–Trinajstić information content (AvgIpc) is 3.48. The predicted octanol–water partition coefficient (Wildman–Crippen LogP) is 3.57. The molecule has 1 amide bonds. The minimum Gasteiger partial charge on any atom is -0.465 e. The number of hydrogen-bond donors (Lipinski definition) is 1. The first-order chi connectivity index (χ1) is 14.6. The number of nitrogens with zero attached hydrogens (tertiary/aromatic N) is 3. The summed E-state index contributed by atoms with van der Waals surface area (Å²) < 4.78 is 6.66. The predicted molar refractivity (Wildman–Crippen MR) is 115 cm³/mol. The molecule has 1 fully saturated rings. The Morgan fingerprint density at radius 1 is 1.07 bits per heavy atom. The Morgan fingerprint density at radius 3 is 2.47 bits per heavy atom. The van der Waals surface area contributed by atoms with Crippen LogP contribution < -0.4 is 10.2 Å². The fourth-order valence-electron chi connectivity index (χ4n) is 3.65. The minimum absolute atomic E-state index is 0.219. The van der Waals surface area contributed by atoms with Gasteiger partial charge in [0.2, 0.25) is 0 Å². The lowest BCUT2D eigenvalue weighted by molar-refractivity contribution is 0.0600. The van der Waals surface area contributed by atoms with Gasteiger partial charge in [-0.1, -0.05) is 12.1 Å². The van der Waals surface area contributed by atoms with E-state index in [0.717, 1.165) is 37.2 Å². The second kappa shape index (κ2) is 8.82. The quantitative estimate of drug-likeness (QED) is 0.636. The normalized spacial score (nSPS) is 13.3. The number of benzene rings is 2. The number of rotatable bonds is 6. The van der Waals surface area contributed by atoms with E-state index < -0.39 is 5.97 Å². The first-order valence-corrected chi connectivity index (χ1v) is 9.99. The van der Waals surface area contributed by atoms with Crippen LogP contribution in [0, 0.1) is 0 Å². The topological polar surface area (TPSA) is 76.5 Å². The zero-order chi connectivity index (χ0) is 20.9. The largest absolute Gasteiger partial charge is 0.465 e. The highest BCUT2D eigenvalue weighted by Crippen LogP contribution is 2.30. The van der Waals surface area contributed by atoms with E-state index in [0.29, 0.717) is 23.4 Å². The summed E-state index contributed by atoms with van der Waals surface area (Å²) in [4.78, 5) is 27.1. The third kappa shape index (κ3) is 4.35. The zero-order valence-electron chi connectivity index (χ0n) is 16.9. The summed E-state index contributed by atoms with van der Waals surface area (Å²) in [5, 5.41) is 7.18. The lowest BCUT2D eigenvalue weighted by Crippen LogP contribution is -2.21. The van der Waals surface area contributed by atoms with Crippen LogP contribution in [-0.4, -0.2) is 41.9 Å². The molecule has 1 aliphatic heterocycles. The van der Waals surface area contributed by atoms with Gasteiger partial charge in [-0.15, -0.1) is 0 Å². The van der Waals surface area contributed by atoms with Crippen LogP contribution in [0.3, 0.4) is 0 Å². The Kier molecular flexibility index (Phi) is 5.79. The van der Waals surface area contributed by atoms with Crippen LogP contribution in [0.5, 0.6) is 0 Å². The van der Waals surface area contributed by atoms with Crippen molar-refractivity contribution in [2.24, 2.45) is 0 Å². The Balaban J connectivity index is 1.54. The maximum atomic E-state index is 12.9. The summed E-state index contributed by atoms with van der Waals surface area (Å²) >= 11 is 0. The van der Waals surface area contributed by atoms with Crippen LogP contribution in [0.4, 0.5) is 11.4 Å². The van der Waals surface area contributed by atoms with Gasteiger partial charge in [-0.05, 0) is 54.8 Å². The molecule has 3 aromatic rings. The van der Waals surface area contributed by atoms with Gasteiger partial charge in [0.25, 0.3) is 5.91 Å². The number of hydrogen-bond acceptors (Lipinski definition) is 5. The van der Waals surface area contributed by atoms with E-state index in [9.17, 15) is 9.59 Å². The molecule has 0 radical (unpaired) electrons. The van der Waals surface area contributed by atoms with E-state index in [1.165, 1.54) is 7.11 Å². The Hall–Kier alpha value is -3.61. The van der Waals surface area contributed by atoms with Crippen LogP contribution >= 0.6 is 0 Å². The number of esters is 1. The van der Waals surface area contributed by atoms with Crippen molar-refractivity contribution in [3.63, 3.8) is 0 Å². The smallest absolute Gasteiger partial charge is 0.337 e. The number of anilines is 2. The van der Waals surface area contributed by atoms with Crippen molar-refractivity contribution in [2.75, 3.05) is 30.4 Å². The molecule has 7 nitrogen and oxygen atoms in total. The van der Waals surface area contributed by atoms with Gasteiger partial charge in [0.05, 0.1) is 30.6 Å². The average molecular weight is 404 g/mol. The molecule has 0 spiro atoms. The van der Waals surface area contributed by atoms with Crippen molar-refractivity contribution in [1.82, 2.24) is 9.78 Å². The number of carbonyl (C=O) groups excluding carboxylic acids is 2. The second-order valence-corrected chi connectivity index (χ2v) is 7.27. The van der Waals surface area contributed by atoms with Gasteiger partial charge in [-0.3, -0.25) is 9.48 Å². The Labute approximate surface area is 175 Å². The monoisotopic (exact) mass is 404 g/mol. The van der Waals surface area contributed by atoms with E-state index in [4.69, 9.17) is 4.74 Å². The third-order valence-electron chi connectivity index (χ3n) is 5.23. The van der Waals surface area contributed by atoms with Gasteiger partial charge in [0.15, 0.2) is 0 Å². The molecule has 0 unspecified atom stereocenters. The van der Waals surface area contributed by atoms with Crippen LogP contribution in [-0.2, 0) is 11.3 Å². The summed E-state index contributed by atoms with van der Waals surface area (Å²) in [6, 6.07) is 14.6. The van der Waals surface area contributed by atoms with E-state index >= 15 is 0 Å². The number of carbonyl (C=O) groups is 2. The summed E-state index contributed by atoms with van der Waals surface area (Å²) in [6.45, 7) is 2.51. The van der Waals surface area contributed by atoms with E-state index in [1.807, 2.05) is 35.1 Å². The Morgan fingerprint density at radius 2 is 1.80 bits per heavy atom. The molecule has 0 aliphatic carbocycles. The van der Waals surface area contributed by atoms with Gasteiger partial charge < -0.3 is 15.0 Å². The van der Waals surface area contributed by atoms with Crippen molar-refractivity contribution in [1.29, 1.82) is 0 Å². The zero-order valence-corrected chi connectivity index (χ0v) is 16.9. The number of aromatic nitrogens is 2. The molecule has 154 valence electrons. The van der Waals surface area contributed by atoms with Crippen molar-refractivity contribution in [3.05, 3.63) is 77.6 Å². The third-order valence-corrected chi connectivity index (χ3v) is 5.23. The van der Waals surface area contributed by atoms with E-state index in [1.54, 1.807) is 30.5 Å². The highest BCUT2D eigenvalue weighted by Gasteiger charge is 2.19.